The van der Waals surface area contributed by atoms with E-state index >= 15 is 0 Å². The molecule has 1 saturated heterocycles. The van der Waals surface area contributed by atoms with Gasteiger partial charge in [0, 0.05) is 0 Å². The van der Waals surface area contributed by atoms with Gasteiger partial charge >= 0.3 is 0 Å². The molecule has 0 N–H and O–H groups in total. The zero-order chi connectivity index (χ0) is 18.2. The van der Waals surface area contributed by atoms with Crippen molar-refractivity contribution in [2.24, 2.45) is 4.99 Å². The van der Waals surface area contributed by atoms with Crippen molar-refractivity contribution in [3.63, 3.8) is 0 Å². The Morgan fingerprint density at radius 1 is 1.00 bits per heavy atom. The van der Waals surface area contributed by atoms with Crippen molar-refractivity contribution in [2.45, 2.75) is 30.4 Å². The lowest BCUT2D eigenvalue weighted by molar-refractivity contribution is -0.124. The Bertz CT molecular complexity index is 934. The second-order valence-corrected chi connectivity index (χ2v) is 9.61. The SMILES string of the molecule is Cc1ccc(S(=O)(=O)N2C(=O)C(C)(C)SC2=Nc2ccccc2)cc1. The topological polar surface area (TPSA) is 66.8 Å². The van der Waals surface area contributed by atoms with Gasteiger partial charge < -0.3 is 0 Å². The number of carbonyl (C=O) groups excluding carboxylic acids is 1. The molecule has 5 nitrogen and oxygen atoms in total. The third kappa shape index (κ3) is 3.34. The fourth-order valence-corrected chi connectivity index (χ4v) is 5.15. The van der Waals surface area contributed by atoms with Crippen LogP contribution in [-0.4, -0.2) is 28.5 Å². The maximum Gasteiger partial charge on any atom is 0.272 e. The van der Waals surface area contributed by atoms with Crippen LogP contribution in [0.1, 0.15) is 19.4 Å². The molecule has 3 rings (SSSR count). The van der Waals surface area contributed by atoms with Crippen LogP contribution in [0.25, 0.3) is 0 Å². The molecule has 1 aliphatic rings. The van der Waals surface area contributed by atoms with E-state index in [1.807, 2.05) is 25.1 Å². The highest BCUT2D eigenvalue weighted by molar-refractivity contribution is 8.17. The molecule has 0 spiro atoms. The predicted octanol–water partition coefficient (Wildman–Crippen LogP) is 3.73. The number of amides is 1. The first-order valence-corrected chi connectivity index (χ1v) is 9.97. The van der Waals surface area contributed by atoms with Gasteiger partial charge in [-0.15, -0.1) is 0 Å². The Kier molecular flexibility index (Phi) is 4.47. The number of aliphatic imine (C=N–C) groups is 1. The van der Waals surface area contributed by atoms with Gasteiger partial charge in [-0.1, -0.05) is 47.7 Å². The summed E-state index contributed by atoms with van der Waals surface area (Å²) in [4.78, 5) is 17.2. The summed E-state index contributed by atoms with van der Waals surface area (Å²) in [6.45, 7) is 5.27. The quantitative estimate of drug-likeness (QED) is 0.821. The lowest BCUT2D eigenvalue weighted by atomic mass is 10.2. The van der Waals surface area contributed by atoms with Gasteiger partial charge in [0.2, 0.25) is 0 Å². The first kappa shape index (κ1) is 17.7. The molecule has 130 valence electrons. The van der Waals surface area contributed by atoms with E-state index in [4.69, 9.17) is 0 Å². The molecule has 2 aromatic rings. The van der Waals surface area contributed by atoms with E-state index in [-0.39, 0.29) is 10.1 Å². The van der Waals surface area contributed by atoms with Crippen LogP contribution >= 0.6 is 11.8 Å². The molecule has 25 heavy (non-hydrogen) atoms. The van der Waals surface area contributed by atoms with E-state index in [2.05, 4.69) is 4.99 Å². The minimum atomic E-state index is -4.01. The highest BCUT2D eigenvalue weighted by atomic mass is 32.2. The molecule has 0 bridgehead atoms. The predicted molar refractivity (Wildman–Crippen MR) is 100 cm³/mol. The van der Waals surface area contributed by atoms with Crippen LogP contribution in [0.15, 0.2) is 64.5 Å². The number of thioether (sulfide) groups is 1. The lowest BCUT2D eigenvalue weighted by Crippen LogP contribution is -2.40. The van der Waals surface area contributed by atoms with Crippen LogP contribution in [-0.2, 0) is 14.8 Å². The van der Waals surface area contributed by atoms with Crippen LogP contribution in [0, 0.1) is 6.92 Å². The molecule has 2 aromatic carbocycles. The molecule has 0 unspecified atom stereocenters. The van der Waals surface area contributed by atoms with Crippen LogP contribution in [0.5, 0.6) is 0 Å². The monoisotopic (exact) mass is 374 g/mol. The number of hydrogen-bond donors (Lipinski definition) is 0. The number of aryl methyl sites for hydroxylation is 1. The summed E-state index contributed by atoms with van der Waals surface area (Å²) in [5, 5.41) is 0.168. The summed E-state index contributed by atoms with van der Waals surface area (Å²) in [7, 11) is -4.01. The van der Waals surface area contributed by atoms with E-state index in [1.165, 1.54) is 12.1 Å². The molecular formula is C18H18N2O3S2. The largest absolute Gasteiger partial charge is 0.272 e. The zero-order valence-corrected chi connectivity index (χ0v) is 15.8. The average Bonchev–Trinajstić information content (AvgIpc) is 2.78. The van der Waals surface area contributed by atoms with Crippen molar-refractivity contribution in [2.75, 3.05) is 0 Å². The van der Waals surface area contributed by atoms with Gasteiger partial charge in [0.15, 0.2) is 5.17 Å². The number of para-hydroxylation sites is 1. The number of hydrogen-bond acceptors (Lipinski definition) is 5. The van der Waals surface area contributed by atoms with Crippen LogP contribution in [0.4, 0.5) is 5.69 Å². The summed E-state index contributed by atoms with van der Waals surface area (Å²) >= 11 is 1.15. The molecule has 0 aliphatic carbocycles. The molecule has 1 heterocycles. The maximum atomic E-state index is 13.1. The lowest BCUT2D eigenvalue weighted by Gasteiger charge is -2.18. The Hall–Kier alpha value is -2.12. The first-order valence-electron chi connectivity index (χ1n) is 7.71. The fourth-order valence-electron chi connectivity index (χ4n) is 2.35. The molecule has 0 atom stereocenters. The third-order valence-corrected chi connectivity index (χ3v) is 6.70. The van der Waals surface area contributed by atoms with Gasteiger partial charge in [-0.25, -0.2) is 13.4 Å². The summed E-state index contributed by atoms with van der Waals surface area (Å²) in [6, 6.07) is 15.4. The standard InChI is InChI=1S/C18H18N2O3S2/c1-13-9-11-15(12-10-13)25(22,23)20-16(21)18(2,3)24-17(20)19-14-7-5-4-6-8-14/h4-12H,1-3H3. The number of amidine groups is 1. The van der Waals surface area contributed by atoms with Gasteiger partial charge in [-0.05, 0) is 45.0 Å². The van der Waals surface area contributed by atoms with Crippen molar-refractivity contribution in [3.8, 4) is 0 Å². The highest BCUT2D eigenvalue weighted by Gasteiger charge is 2.50. The van der Waals surface area contributed by atoms with E-state index in [1.54, 1.807) is 38.1 Å². The second kappa shape index (κ2) is 6.31. The normalized spacial score (nSPS) is 18.8. The van der Waals surface area contributed by atoms with Gasteiger partial charge in [0.1, 0.15) is 0 Å². The zero-order valence-electron chi connectivity index (χ0n) is 14.1. The third-order valence-electron chi connectivity index (χ3n) is 3.76. The van der Waals surface area contributed by atoms with E-state index in [9.17, 15) is 13.2 Å². The Labute approximate surface area is 151 Å². The van der Waals surface area contributed by atoms with Gasteiger partial charge in [0.05, 0.1) is 15.3 Å². The smallest absolute Gasteiger partial charge is 0.272 e. The minimum Gasteiger partial charge on any atom is -0.272 e. The molecule has 0 aromatic heterocycles. The van der Waals surface area contributed by atoms with Gasteiger partial charge in [-0.2, -0.15) is 4.31 Å². The Morgan fingerprint density at radius 2 is 1.60 bits per heavy atom. The molecule has 0 saturated carbocycles. The van der Waals surface area contributed by atoms with Crippen LogP contribution < -0.4 is 0 Å². The molecule has 1 fully saturated rings. The Balaban J connectivity index is 2.11. The number of benzene rings is 2. The van der Waals surface area contributed by atoms with Crippen molar-refractivity contribution in [1.82, 2.24) is 4.31 Å². The van der Waals surface area contributed by atoms with Crippen molar-refractivity contribution >= 4 is 38.5 Å². The summed E-state index contributed by atoms with van der Waals surface area (Å²) in [5.41, 5.74) is 1.54. The van der Waals surface area contributed by atoms with Crippen LogP contribution in [0.2, 0.25) is 0 Å². The number of rotatable bonds is 3. The number of sulfonamides is 1. The average molecular weight is 374 g/mol. The summed E-state index contributed by atoms with van der Waals surface area (Å²) < 4.78 is 26.0. The molecule has 7 heteroatoms. The van der Waals surface area contributed by atoms with Gasteiger partial charge in [-0.3, -0.25) is 4.79 Å². The maximum absolute atomic E-state index is 13.1. The van der Waals surface area contributed by atoms with Gasteiger partial charge in [0.25, 0.3) is 15.9 Å². The minimum absolute atomic E-state index is 0.0745. The van der Waals surface area contributed by atoms with Crippen molar-refractivity contribution < 1.29 is 13.2 Å². The molecular weight excluding hydrogens is 356 g/mol. The van der Waals surface area contributed by atoms with Crippen molar-refractivity contribution in [3.05, 3.63) is 60.2 Å². The summed E-state index contributed by atoms with van der Waals surface area (Å²) in [5.74, 6) is -0.493. The Morgan fingerprint density at radius 3 is 2.20 bits per heavy atom. The van der Waals surface area contributed by atoms with E-state index < -0.39 is 20.7 Å². The molecule has 1 aliphatic heterocycles. The first-order chi connectivity index (χ1) is 11.7. The highest BCUT2D eigenvalue weighted by Crippen LogP contribution is 2.40. The summed E-state index contributed by atoms with van der Waals surface area (Å²) in [6.07, 6.45) is 0. The fraction of sp³-hybridized carbons (Fsp3) is 0.222. The number of carbonyl (C=O) groups is 1. The van der Waals surface area contributed by atoms with Crippen molar-refractivity contribution in [1.29, 1.82) is 0 Å². The van der Waals surface area contributed by atoms with E-state index in [0.717, 1.165) is 21.6 Å². The second-order valence-electron chi connectivity index (χ2n) is 6.23. The molecule has 1 amide bonds. The van der Waals surface area contributed by atoms with E-state index in [0.29, 0.717) is 5.69 Å². The van der Waals surface area contributed by atoms with Crippen LogP contribution in [0.3, 0.4) is 0 Å². The number of nitrogens with zero attached hydrogens (tertiary/aromatic N) is 2. The molecule has 0 radical (unpaired) electrons.